The highest BCUT2D eigenvalue weighted by atomic mass is 32.1. The highest BCUT2D eigenvalue weighted by Gasteiger charge is 2.09. The Morgan fingerprint density at radius 3 is 2.72 bits per heavy atom. The number of thiazole rings is 1. The molecule has 1 heterocycles. The van der Waals surface area contributed by atoms with Crippen molar-refractivity contribution in [2.45, 2.75) is 6.92 Å². The van der Waals surface area contributed by atoms with Crippen LogP contribution in [0.15, 0.2) is 24.4 Å². The number of aryl methyl sites for hydroxylation is 1. The van der Waals surface area contributed by atoms with Crippen LogP contribution in [0.4, 0.5) is 24.4 Å². The van der Waals surface area contributed by atoms with Crippen LogP contribution in [0.5, 0.6) is 0 Å². The van der Waals surface area contributed by atoms with Crippen molar-refractivity contribution in [3.05, 3.63) is 40.9 Å². The minimum atomic E-state index is -0.833. The van der Waals surface area contributed by atoms with Crippen LogP contribution in [0.1, 0.15) is 4.88 Å². The molecule has 1 aromatic heterocycles. The highest BCUT2D eigenvalue weighted by molar-refractivity contribution is 7.15. The molecular weight excluding hydrogens is 260 g/mol. The molecule has 7 heteroatoms. The first-order valence-electron chi connectivity index (χ1n) is 5.00. The predicted molar refractivity (Wildman–Crippen MR) is 65.9 cm³/mol. The highest BCUT2D eigenvalue weighted by Crippen LogP contribution is 2.18. The van der Waals surface area contributed by atoms with Crippen molar-refractivity contribution in [3.63, 3.8) is 0 Å². The maximum Gasteiger partial charge on any atom is 0.325 e. The van der Waals surface area contributed by atoms with E-state index in [1.165, 1.54) is 11.3 Å². The molecule has 0 aliphatic heterocycles. The summed E-state index contributed by atoms with van der Waals surface area (Å²) in [7, 11) is 0. The average Bonchev–Trinajstić information content (AvgIpc) is 2.68. The standard InChI is InChI=1S/C11H9F2N3OS/c1-6-5-14-11(18-6)16-10(17)15-9-3-2-7(12)4-8(9)13/h2-5H,1H3,(H2,14,15,16,17). The number of hydrogen-bond donors (Lipinski definition) is 2. The molecule has 0 saturated heterocycles. The van der Waals surface area contributed by atoms with E-state index >= 15 is 0 Å². The van der Waals surface area contributed by atoms with Crippen molar-refractivity contribution < 1.29 is 13.6 Å². The van der Waals surface area contributed by atoms with Gasteiger partial charge in [-0.05, 0) is 19.1 Å². The van der Waals surface area contributed by atoms with Gasteiger partial charge in [-0.3, -0.25) is 5.32 Å². The Morgan fingerprint density at radius 1 is 1.33 bits per heavy atom. The van der Waals surface area contributed by atoms with Gasteiger partial charge < -0.3 is 5.32 Å². The van der Waals surface area contributed by atoms with Gasteiger partial charge in [0.25, 0.3) is 0 Å². The quantitative estimate of drug-likeness (QED) is 0.878. The van der Waals surface area contributed by atoms with Gasteiger partial charge in [-0.25, -0.2) is 18.6 Å². The van der Waals surface area contributed by atoms with Crippen LogP contribution >= 0.6 is 11.3 Å². The smallest absolute Gasteiger partial charge is 0.305 e. The third kappa shape index (κ3) is 3.01. The number of hydrogen-bond acceptors (Lipinski definition) is 3. The number of urea groups is 1. The molecule has 0 bridgehead atoms. The lowest BCUT2D eigenvalue weighted by Gasteiger charge is -2.06. The van der Waals surface area contributed by atoms with Crippen LogP contribution in [0.2, 0.25) is 0 Å². The molecular formula is C11H9F2N3OS. The van der Waals surface area contributed by atoms with Gasteiger partial charge in [-0.15, -0.1) is 11.3 Å². The Bertz CT molecular complexity index is 585. The second-order valence-electron chi connectivity index (χ2n) is 3.48. The van der Waals surface area contributed by atoms with E-state index in [4.69, 9.17) is 0 Å². The molecule has 2 amide bonds. The zero-order valence-corrected chi connectivity index (χ0v) is 10.1. The molecule has 2 N–H and O–H groups in total. The van der Waals surface area contributed by atoms with Crippen LogP contribution in [0.25, 0.3) is 0 Å². The van der Waals surface area contributed by atoms with E-state index in [0.29, 0.717) is 11.2 Å². The molecule has 0 aliphatic rings. The van der Waals surface area contributed by atoms with Crippen molar-refractivity contribution in [1.29, 1.82) is 0 Å². The number of halogens is 2. The first-order valence-corrected chi connectivity index (χ1v) is 5.82. The third-order valence-corrected chi connectivity index (χ3v) is 2.85. The molecule has 0 saturated carbocycles. The van der Waals surface area contributed by atoms with E-state index in [0.717, 1.165) is 17.0 Å². The van der Waals surface area contributed by atoms with Crippen LogP contribution in [0.3, 0.4) is 0 Å². The first-order chi connectivity index (χ1) is 8.54. The molecule has 1 aromatic carbocycles. The van der Waals surface area contributed by atoms with Crippen molar-refractivity contribution in [1.82, 2.24) is 4.98 Å². The Morgan fingerprint density at radius 2 is 2.11 bits per heavy atom. The number of rotatable bonds is 2. The van der Waals surface area contributed by atoms with Gasteiger partial charge in [-0.1, -0.05) is 0 Å². The average molecular weight is 269 g/mol. The number of carbonyl (C=O) groups excluding carboxylic acids is 1. The third-order valence-electron chi connectivity index (χ3n) is 2.02. The van der Waals surface area contributed by atoms with Crippen molar-refractivity contribution in [2.75, 3.05) is 10.6 Å². The Kier molecular flexibility index (Phi) is 3.52. The van der Waals surface area contributed by atoms with Gasteiger partial charge in [0.05, 0.1) is 5.69 Å². The molecule has 2 rings (SSSR count). The normalized spacial score (nSPS) is 10.2. The molecule has 0 spiro atoms. The minimum absolute atomic E-state index is 0.0952. The largest absolute Gasteiger partial charge is 0.325 e. The summed E-state index contributed by atoms with van der Waals surface area (Å²) in [5.74, 6) is -1.53. The van der Waals surface area contributed by atoms with Gasteiger partial charge in [0, 0.05) is 17.1 Å². The molecule has 0 atom stereocenters. The van der Waals surface area contributed by atoms with Crippen molar-refractivity contribution in [2.24, 2.45) is 0 Å². The molecule has 94 valence electrons. The number of amides is 2. The summed E-state index contributed by atoms with van der Waals surface area (Å²) in [6.45, 7) is 1.85. The molecule has 0 fully saturated rings. The summed E-state index contributed by atoms with van der Waals surface area (Å²) in [6, 6.07) is 2.28. The molecule has 18 heavy (non-hydrogen) atoms. The second-order valence-corrected chi connectivity index (χ2v) is 4.71. The lowest BCUT2D eigenvalue weighted by Crippen LogP contribution is -2.20. The zero-order valence-electron chi connectivity index (χ0n) is 9.33. The Balaban J connectivity index is 2.03. The fraction of sp³-hybridized carbons (Fsp3) is 0.0909. The van der Waals surface area contributed by atoms with E-state index in [1.807, 2.05) is 6.92 Å². The molecule has 0 radical (unpaired) electrons. The molecule has 0 unspecified atom stereocenters. The molecule has 4 nitrogen and oxygen atoms in total. The zero-order chi connectivity index (χ0) is 13.1. The van der Waals surface area contributed by atoms with E-state index in [2.05, 4.69) is 15.6 Å². The first kappa shape index (κ1) is 12.4. The number of anilines is 2. The summed E-state index contributed by atoms with van der Waals surface area (Å²) in [6.07, 6.45) is 1.61. The second kappa shape index (κ2) is 5.09. The topological polar surface area (TPSA) is 54.0 Å². The summed E-state index contributed by atoms with van der Waals surface area (Å²) in [5.41, 5.74) is -0.0952. The van der Waals surface area contributed by atoms with Crippen LogP contribution < -0.4 is 10.6 Å². The Hall–Kier alpha value is -2.02. The van der Waals surface area contributed by atoms with Crippen LogP contribution in [-0.4, -0.2) is 11.0 Å². The van der Waals surface area contributed by atoms with E-state index in [9.17, 15) is 13.6 Å². The minimum Gasteiger partial charge on any atom is -0.305 e. The molecule has 2 aromatic rings. The van der Waals surface area contributed by atoms with Gasteiger partial charge in [-0.2, -0.15) is 0 Å². The summed E-state index contributed by atoms with van der Waals surface area (Å²) < 4.78 is 25.9. The lowest BCUT2D eigenvalue weighted by molar-refractivity contribution is 0.262. The van der Waals surface area contributed by atoms with E-state index < -0.39 is 17.7 Å². The fourth-order valence-corrected chi connectivity index (χ4v) is 1.91. The number of nitrogens with zero attached hydrogens (tertiary/aromatic N) is 1. The Labute approximate surface area is 106 Å². The van der Waals surface area contributed by atoms with Crippen molar-refractivity contribution >= 4 is 28.2 Å². The maximum absolute atomic E-state index is 13.3. The van der Waals surface area contributed by atoms with Gasteiger partial charge in [0.1, 0.15) is 11.6 Å². The van der Waals surface area contributed by atoms with E-state index in [1.54, 1.807) is 6.20 Å². The maximum atomic E-state index is 13.3. The number of benzene rings is 1. The number of aromatic nitrogens is 1. The van der Waals surface area contributed by atoms with Gasteiger partial charge in [0.2, 0.25) is 0 Å². The van der Waals surface area contributed by atoms with Crippen molar-refractivity contribution in [3.8, 4) is 0 Å². The fourth-order valence-electron chi connectivity index (χ4n) is 1.25. The summed E-state index contributed by atoms with van der Waals surface area (Å²) in [4.78, 5) is 16.4. The number of carbonyl (C=O) groups is 1. The lowest BCUT2D eigenvalue weighted by atomic mass is 10.3. The summed E-state index contributed by atoms with van der Waals surface area (Å²) >= 11 is 1.30. The molecule has 0 aliphatic carbocycles. The number of nitrogens with one attached hydrogen (secondary N) is 2. The van der Waals surface area contributed by atoms with Crippen LogP contribution in [0, 0.1) is 18.6 Å². The predicted octanol–water partition coefficient (Wildman–Crippen LogP) is 3.37. The van der Waals surface area contributed by atoms with Gasteiger partial charge in [0.15, 0.2) is 5.13 Å². The van der Waals surface area contributed by atoms with Gasteiger partial charge >= 0.3 is 6.03 Å². The monoisotopic (exact) mass is 269 g/mol. The van der Waals surface area contributed by atoms with Crippen LogP contribution in [-0.2, 0) is 0 Å². The SMILES string of the molecule is Cc1cnc(NC(=O)Nc2ccc(F)cc2F)s1. The van der Waals surface area contributed by atoms with E-state index in [-0.39, 0.29) is 5.69 Å². The summed E-state index contributed by atoms with van der Waals surface area (Å²) in [5, 5.41) is 5.13.